The van der Waals surface area contributed by atoms with Gasteiger partial charge in [-0.1, -0.05) is 6.42 Å². The molecule has 2 N–H and O–H groups in total. The molecule has 21 heavy (non-hydrogen) atoms. The van der Waals surface area contributed by atoms with E-state index in [4.69, 9.17) is 10.5 Å². The van der Waals surface area contributed by atoms with E-state index in [-0.39, 0.29) is 24.4 Å². The number of nitrogens with zero attached hydrogens (tertiary/aromatic N) is 2. The van der Waals surface area contributed by atoms with Crippen LogP contribution in [0.5, 0.6) is 0 Å². The van der Waals surface area contributed by atoms with Crippen molar-refractivity contribution in [2.45, 2.75) is 38.1 Å². The third kappa shape index (κ3) is 5.74. The van der Waals surface area contributed by atoms with Crippen LogP contribution < -0.4 is 5.73 Å². The summed E-state index contributed by atoms with van der Waals surface area (Å²) in [7, 11) is 1.74. The van der Waals surface area contributed by atoms with Gasteiger partial charge >= 0.3 is 0 Å². The second-order valence-corrected chi connectivity index (χ2v) is 6.14. The normalized spacial score (nSPS) is 27.8. The van der Waals surface area contributed by atoms with E-state index in [9.17, 15) is 4.79 Å². The smallest absolute Gasteiger partial charge is 0.225 e. The molecule has 1 aliphatic heterocycles. The monoisotopic (exact) mass is 319 g/mol. The Morgan fingerprint density at radius 3 is 2.71 bits per heavy atom. The summed E-state index contributed by atoms with van der Waals surface area (Å²) >= 11 is 0. The van der Waals surface area contributed by atoms with E-state index >= 15 is 0 Å². The van der Waals surface area contributed by atoms with Crippen LogP contribution >= 0.6 is 12.4 Å². The number of amides is 1. The lowest BCUT2D eigenvalue weighted by Crippen LogP contribution is -2.42. The van der Waals surface area contributed by atoms with E-state index < -0.39 is 0 Å². The average molecular weight is 320 g/mol. The highest BCUT2D eigenvalue weighted by Crippen LogP contribution is 2.25. The Kier molecular flexibility index (Phi) is 8.56. The molecule has 1 saturated carbocycles. The Hall–Kier alpha value is -0.360. The van der Waals surface area contributed by atoms with Crippen molar-refractivity contribution in [1.82, 2.24) is 9.80 Å². The minimum absolute atomic E-state index is 0. The van der Waals surface area contributed by atoms with Gasteiger partial charge < -0.3 is 15.4 Å². The number of hydrogen-bond acceptors (Lipinski definition) is 4. The first-order valence-electron chi connectivity index (χ1n) is 7.96. The summed E-state index contributed by atoms with van der Waals surface area (Å²) in [6, 6.07) is 0.225. The van der Waals surface area contributed by atoms with E-state index in [1.54, 1.807) is 7.11 Å². The van der Waals surface area contributed by atoms with Gasteiger partial charge in [0.2, 0.25) is 5.91 Å². The molecular formula is C15H30ClN3O2. The molecule has 0 aromatic rings. The van der Waals surface area contributed by atoms with Gasteiger partial charge in [-0.25, -0.2) is 0 Å². The Labute approximate surface area is 134 Å². The third-order valence-electron chi connectivity index (χ3n) is 4.58. The van der Waals surface area contributed by atoms with Crippen molar-refractivity contribution in [3.05, 3.63) is 0 Å². The number of carbonyl (C=O) groups excluding carboxylic acids is 1. The molecule has 0 aromatic carbocycles. The summed E-state index contributed by atoms with van der Waals surface area (Å²) < 4.78 is 5.13. The molecule has 2 unspecified atom stereocenters. The van der Waals surface area contributed by atoms with Crippen LogP contribution in [-0.2, 0) is 9.53 Å². The second-order valence-electron chi connectivity index (χ2n) is 6.14. The molecule has 1 amide bonds. The fraction of sp³-hybridized carbons (Fsp3) is 0.933. The van der Waals surface area contributed by atoms with Crippen molar-refractivity contribution in [3.8, 4) is 0 Å². The van der Waals surface area contributed by atoms with E-state index in [0.717, 1.165) is 71.4 Å². The number of ether oxygens (including phenoxy) is 1. The number of carbonyl (C=O) groups is 1. The van der Waals surface area contributed by atoms with Gasteiger partial charge in [0.15, 0.2) is 0 Å². The van der Waals surface area contributed by atoms with Crippen LogP contribution in [0.25, 0.3) is 0 Å². The molecule has 0 spiro atoms. The van der Waals surface area contributed by atoms with Crippen LogP contribution in [0, 0.1) is 5.92 Å². The first kappa shape index (κ1) is 18.7. The van der Waals surface area contributed by atoms with Gasteiger partial charge in [-0.2, -0.15) is 0 Å². The van der Waals surface area contributed by atoms with Gasteiger partial charge in [-0.05, 0) is 32.2 Å². The van der Waals surface area contributed by atoms with E-state index in [1.165, 1.54) is 0 Å². The maximum atomic E-state index is 12.6. The predicted molar refractivity (Wildman–Crippen MR) is 86.7 cm³/mol. The van der Waals surface area contributed by atoms with Crippen molar-refractivity contribution in [2.75, 3.05) is 46.4 Å². The molecule has 2 fully saturated rings. The van der Waals surface area contributed by atoms with Gasteiger partial charge in [-0.3, -0.25) is 9.69 Å². The lowest BCUT2D eigenvalue weighted by molar-refractivity contribution is -0.136. The standard InChI is InChI=1S/C15H29N3O2.ClH/c1-20-11-10-17-6-3-7-18(9-8-17)15(19)13-4-2-5-14(16)12-13;/h13-14H,2-12,16H2,1H3;1H. The molecule has 1 aliphatic carbocycles. The number of rotatable bonds is 4. The van der Waals surface area contributed by atoms with Gasteiger partial charge in [0.1, 0.15) is 0 Å². The van der Waals surface area contributed by atoms with Crippen molar-refractivity contribution in [3.63, 3.8) is 0 Å². The summed E-state index contributed by atoms with van der Waals surface area (Å²) in [6.45, 7) is 5.52. The molecule has 6 heteroatoms. The number of hydrogen-bond donors (Lipinski definition) is 1. The summed E-state index contributed by atoms with van der Waals surface area (Å²) in [4.78, 5) is 17.1. The fourth-order valence-electron chi connectivity index (χ4n) is 3.35. The maximum absolute atomic E-state index is 12.6. The van der Waals surface area contributed by atoms with Crippen LogP contribution in [0.4, 0.5) is 0 Å². The number of halogens is 1. The number of nitrogens with two attached hydrogens (primary N) is 1. The van der Waals surface area contributed by atoms with Gasteiger partial charge in [0, 0.05) is 45.2 Å². The molecule has 124 valence electrons. The molecule has 1 saturated heterocycles. The lowest BCUT2D eigenvalue weighted by Gasteiger charge is -2.31. The first-order valence-corrected chi connectivity index (χ1v) is 7.96. The van der Waals surface area contributed by atoms with Gasteiger partial charge in [-0.15, -0.1) is 12.4 Å². The first-order chi connectivity index (χ1) is 9.70. The molecule has 5 nitrogen and oxygen atoms in total. The maximum Gasteiger partial charge on any atom is 0.225 e. The third-order valence-corrected chi connectivity index (χ3v) is 4.58. The highest BCUT2D eigenvalue weighted by Gasteiger charge is 2.29. The Morgan fingerprint density at radius 1 is 1.19 bits per heavy atom. The Morgan fingerprint density at radius 2 is 2.00 bits per heavy atom. The molecule has 2 rings (SSSR count). The molecule has 0 aromatic heterocycles. The van der Waals surface area contributed by atoms with Crippen molar-refractivity contribution >= 4 is 18.3 Å². The van der Waals surface area contributed by atoms with Crippen molar-refractivity contribution in [1.29, 1.82) is 0 Å². The van der Waals surface area contributed by atoms with Crippen LogP contribution in [0.2, 0.25) is 0 Å². The fourth-order valence-corrected chi connectivity index (χ4v) is 3.35. The van der Waals surface area contributed by atoms with Crippen LogP contribution in [0.15, 0.2) is 0 Å². The molecule has 2 atom stereocenters. The molecule has 1 heterocycles. The van der Waals surface area contributed by atoms with Crippen LogP contribution in [0.3, 0.4) is 0 Å². The highest BCUT2D eigenvalue weighted by molar-refractivity contribution is 5.85. The van der Waals surface area contributed by atoms with Crippen LogP contribution in [0.1, 0.15) is 32.1 Å². The largest absolute Gasteiger partial charge is 0.383 e. The Bertz CT molecular complexity index is 317. The summed E-state index contributed by atoms with van der Waals surface area (Å²) in [6.07, 6.45) is 5.15. The van der Waals surface area contributed by atoms with E-state index in [0.29, 0.717) is 5.91 Å². The predicted octanol–water partition coefficient (Wildman–Crippen LogP) is 1.11. The minimum Gasteiger partial charge on any atom is -0.383 e. The highest BCUT2D eigenvalue weighted by atomic mass is 35.5. The topological polar surface area (TPSA) is 58.8 Å². The van der Waals surface area contributed by atoms with Gasteiger partial charge in [0.25, 0.3) is 0 Å². The van der Waals surface area contributed by atoms with E-state index in [1.807, 2.05) is 0 Å². The SMILES string of the molecule is COCCN1CCCN(C(=O)C2CCCC(N)C2)CC1.Cl. The zero-order chi connectivity index (χ0) is 14.4. The molecule has 0 bridgehead atoms. The lowest BCUT2D eigenvalue weighted by atomic mass is 9.85. The van der Waals surface area contributed by atoms with Crippen molar-refractivity contribution in [2.24, 2.45) is 11.7 Å². The van der Waals surface area contributed by atoms with Gasteiger partial charge in [0.05, 0.1) is 6.61 Å². The quantitative estimate of drug-likeness (QED) is 0.843. The van der Waals surface area contributed by atoms with E-state index in [2.05, 4.69) is 9.80 Å². The zero-order valence-electron chi connectivity index (χ0n) is 13.1. The Balaban J connectivity index is 0.00000220. The summed E-state index contributed by atoms with van der Waals surface area (Å²) in [5.41, 5.74) is 6.01. The molecule has 0 radical (unpaired) electrons. The summed E-state index contributed by atoms with van der Waals surface area (Å²) in [5, 5.41) is 0. The minimum atomic E-state index is 0. The van der Waals surface area contributed by atoms with Crippen molar-refractivity contribution < 1.29 is 9.53 Å². The number of methoxy groups -OCH3 is 1. The second kappa shape index (κ2) is 9.62. The molecular weight excluding hydrogens is 290 g/mol. The summed E-state index contributed by atoms with van der Waals surface area (Å²) in [5.74, 6) is 0.512. The van der Waals surface area contributed by atoms with Crippen LogP contribution in [-0.4, -0.2) is 68.2 Å². The molecule has 2 aliphatic rings. The zero-order valence-corrected chi connectivity index (χ0v) is 13.9. The average Bonchev–Trinajstić information content (AvgIpc) is 2.70.